The minimum absolute atomic E-state index is 0.167. The topological polar surface area (TPSA) is 89.9 Å². The Morgan fingerprint density at radius 1 is 1.24 bits per heavy atom. The summed E-state index contributed by atoms with van der Waals surface area (Å²) < 4.78 is 16.4. The van der Waals surface area contributed by atoms with Gasteiger partial charge in [-0.2, -0.15) is 0 Å². The number of anilines is 1. The molecule has 25 heavy (non-hydrogen) atoms. The molecule has 0 aliphatic carbocycles. The largest absolute Gasteiger partial charge is 0.503 e. The number of carbonyl (C=O) groups is 1. The summed E-state index contributed by atoms with van der Waals surface area (Å²) in [5.74, 6) is 0.851. The summed E-state index contributed by atoms with van der Waals surface area (Å²) in [6.45, 7) is 4.04. The van der Waals surface area contributed by atoms with E-state index in [-0.39, 0.29) is 29.7 Å². The monoisotopic (exact) mass is 346 g/mol. The predicted molar refractivity (Wildman–Crippen MR) is 93.3 cm³/mol. The molecular formula is C18H22N2O5. The van der Waals surface area contributed by atoms with Crippen LogP contribution in [0.4, 0.5) is 5.69 Å². The third kappa shape index (κ3) is 4.76. The average Bonchev–Trinajstić information content (AvgIpc) is 2.64. The molecule has 0 fully saturated rings. The lowest BCUT2D eigenvalue weighted by Crippen LogP contribution is -2.10. The van der Waals surface area contributed by atoms with Gasteiger partial charge in [0, 0.05) is 18.7 Å². The zero-order chi connectivity index (χ0) is 18.2. The second-order valence-electron chi connectivity index (χ2n) is 5.10. The van der Waals surface area contributed by atoms with Crippen LogP contribution in [-0.2, 0) is 11.4 Å². The summed E-state index contributed by atoms with van der Waals surface area (Å²) >= 11 is 0. The molecule has 7 nitrogen and oxygen atoms in total. The van der Waals surface area contributed by atoms with Crippen LogP contribution in [0.5, 0.6) is 23.0 Å². The maximum Gasteiger partial charge on any atom is 0.224 e. The molecule has 2 rings (SSSR count). The fraction of sp³-hybridized carbons (Fsp3) is 0.333. The van der Waals surface area contributed by atoms with Crippen molar-refractivity contribution in [2.45, 2.75) is 26.9 Å². The second kappa shape index (κ2) is 8.77. The van der Waals surface area contributed by atoms with Gasteiger partial charge in [-0.25, -0.2) is 0 Å². The van der Waals surface area contributed by atoms with Crippen LogP contribution in [0.15, 0.2) is 30.5 Å². The molecule has 0 radical (unpaired) electrons. The van der Waals surface area contributed by atoms with Gasteiger partial charge in [0.25, 0.3) is 0 Å². The molecule has 1 aromatic heterocycles. The number of phenols is 1. The van der Waals surface area contributed by atoms with E-state index >= 15 is 0 Å². The quantitative estimate of drug-likeness (QED) is 0.714. The van der Waals surface area contributed by atoms with Crippen LogP contribution in [0.2, 0.25) is 0 Å². The van der Waals surface area contributed by atoms with Gasteiger partial charge in [-0.15, -0.1) is 0 Å². The van der Waals surface area contributed by atoms with E-state index in [4.69, 9.17) is 14.2 Å². The Labute approximate surface area is 146 Å². The number of amides is 1. The molecule has 1 heterocycles. The predicted octanol–water partition coefficient (Wildman–Crippen LogP) is 3.12. The molecule has 0 bridgehead atoms. The van der Waals surface area contributed by atoms with E-state index in [9.17, 15) is 9.90 Å². The maximum absolute atomic E-state index is 11.5. The van der Waals surface area contributed by atoms with Crippen molar-refractivity contribution in [3.63, 3.8) is 0 Å². The number of methoxy groups -OCH3 is 1. The van der Waals surface area contributed by atoms with Crippen molar-refractivity contribution in [2.75, 3.05) is 19.0 Å². The molecule has 0 aliphatic rings. The van der Waals surface area contributed by atoms with E-state index in [0.29, 0.717) is 30.2 Å². The molecule has 0 aliphatic heterocycles. The maximum atomic E-state index is 11.5. The lowest BCUT2D eigenvalue weighted by atomic mass is 10.2. The van der Waals surface area contributed by atoms with Crippen molar-refractivity contribution >= 4 is 11.6 Å². The van der Waals surface area contributed by atoms with E-state index in [1.807, 2.05) is 0 Å². The first kappa shape index (κ1) is 18.4. The van der Waals surface area contributed by atoms with Crippen LogP contribution >= 0.6 is 0 Å². The Balaban J connectivity index is 2.21. The first-order valence-corrected chi connectivity index (χ1v) is 7.99. The Hall–Kier alpha value is -2.96. The number of nitrogens with one attached hydrogen (secondary N) is 1. The first-order valence-electron chi connectivity index (χ1n) is 7.99. The molecule has 0 saturated heterocycles. The summed E-state index contributed by atoms with van der Waals surface area (Å²) in [5, 5.41) is 13.0. The summed E-state index contributed by atoms with van der Waals surface area (Å²) in [6.07, 6.45) is 1.94. The van der Waals surface area contributed by atoms with E-state index in [1.54, 1.807) is 51.4 Å². The van der Waals surface area contributed by atoms with Gasteiger partial charge in [0.05, 0.1) is 25.1 Å². The van der Waals surface area contributed by atoms with Gasteiger partial charge in [0.2, 0.25) is 11.7 Å². The van der Waals surface area contributed by atoms with Crippen LogP contribution < -0.4 is 19.5 Å². The number of aromatic hydroxyl groups is 1. The van der Waals surface area contributed by atoms with Crippen LogP contribution in [0.25, 0.3) is 0 Å². The third-order valence-electron chi connectivity index (χ3n) is 3.38. The van der Waals surface area contributed by atoms with E-state index in [1.165, 1.54) is 0 Å². The number of rotatable bonds is 8. The highest BCUT2D eigenvalue weighted by Crippen LogP contribution is 2.42. The molecule has 134 valence electrons. The Morgan fingerprint density at radius 2 is 2.04 bits per heavy atom. The van der Waals surface area contributed by atoms with Crippen molar-refractivity contribution in [1.29, 1.82) is 0 Å². The number of pyridine rings is 1. The van der Waals surface area contributed by atoms with Crippen molar-refractivity contribution in [3.05, 3.63) is 36.2 Å². The zero-order valence-electron chi connectivity index (χ0n) is 14.5. The van der Waals surface area contributed by atoms with Crippen molar-refractivity contribution in [2.24, 2.45) is 0 Å². The van der Waals surface area contributed by atoms with Gasteiger partial charge >= 0.3 is 0 Å². The Kier molecular flexibility index (Phi) is 6.45. The van der Waals surface area contributed by atoms with Gasteiger partial charge < -0.3 is 24.6 Å². The number of hydrogen-bond acceptors (Lipinski definition) is 6. The van der Waals surface area contributed by atoms with Crippen molar-refractivity contribution in [1.82, 2.24) is 4.98 Å². The molecule has 0 spiro atoms. The fourth-order valence-electron chi connectivity index (χ4n) is 2.10. The lowest BCUT2D eigenvalue weighted by molar-refractivity contribution is -0.115. The van der Waals surface area contributed by atoms with Crippen molar-refractivity contribution in [3.8, 4) is 23.0 Å². The summed E-state index contributed by atoms with van der Waals surface area (Å²) in [4.78, 5) is 15.7. The minimum Gasteiger partial charge on any atom is -0.503 e. The van der Waals surface area contributed by atoms with Gasteiger partial charge in [-0.1, -0.05) is 6.92 Å². The van der Waals surface area contributed by atoms with E-state index < -0.39 is 0 Å². The molecule has 7 heteroatoms. The molecule has 0 atom stereocenters. The minimum atomic E-state index is -0.202. The highest BCUT2D eigenvalue weighted by molar-refractivity contribution is 5.92. The summed E-state index contributed by atoms with van der Waals surface area (Å²) in [7, 11) is 1.58. The number of ether oxygens (including phenoxy) is 3. The molecule has 2 N–H and O–H groups in total. The number of carbonyl (C=O) groups excluding carboxylic acids is 1. The molecule has 0 unspecified atom stereocenters. The van der Waals surface area contributed by atoms with Crippen LogP contribution in [0.1, 0.15) is 26.0 Å². The van der Waals surface area contributed by atoms with Gasteiger partial charge in [-0.3, -0.25) is 9.78 Å². The second-order valence-corrected chi connectivity index (χ2v) is 5.10. The molecular weight excluding hydrogens is 324 g/mol. The van der Waals surface area contributed by atoms with Gasteiger partial charge in [-0.05, 0) is 25.1 Å². The third-order valence-corrected chi connectivity index (χ3v) is 3.38. The lowest BCUT2D eigenvalue weighted by Gasteiger charge is -2.16. The van der Waals surface area contributed by atoms with Gasteiger partial charge in [0.15, 0.2) is 11.5 Å². The number of aromatic nitrogens is 1. The smallest absolute Gasteiger partial charge is 0.224 e. The van der Waals surface area contributed by atoms with Crippen LogP contribution in [-0.4, -0.2) is 29.7 Å². The fourth-order valence-corrected chi connectivity index (χ4v) is 2.10. The SMILES string of the molecule is CCOc1c(OCc2cc(OC)ccn2)ccc(NC(=O)CC)c1O. The summed E-state index contributed by atoms with van der Waals surface area (Å²) in [5.41, 5.74) is 0.951. The molecule has 2 aromatic rings. The van der Waals surface area contributed by atoms with Crippen LogP contribution in [0.3, 0.4) is 0 Å². The standard InChI is InChI=1S/C18H22N2O5/c1-4-16(21)20-14-6-7-15(18(17(14)22)24-5-2)25-11-12-10-13(23-3)8-9-19-12/h6-10,22H,4-5,11H2,1-3H3,(H,20,21). The Morgan fingerprint density at radius 3 is 2.72 bits per heavy atom. The number of hydrogen-bond donors (Lipinski definition) is 2. The number of benzene rings is 1. The number of nitrogens with zero attached hydrogens (tertiary/aromatic N) is 1. The van der Waals surface area contributed by atoms with E-state index in [2.05, 4.69) is 10.3 Å². The highest BCUT2D eigenvalue weighted by atomic mass is 16.5. The summed E-state index contributed by atoms with van der Waals surface area (Å²) in [6, 6.07) is 6.71. The van der Waals surface area contributed by atoms with E-state index in [0.717, 1.165) is 0 Å². The molecule has 1 amide bonds. The van der Waals surface area contributed by atoms with Gasteiger partial charge in [0.1, 0.15) is 12.4 Å². The molecule has 0 saturated carbocycles. The average molecular weight is 346 g/mol. The number of phenolic OH excluding ortho intramolecular Hbond substituents is 1. The first-order chi connectivity index (χ1) is 12.1. The van der Waals surface area contributed by atoms with Crippen molar-refractivity contribution < 1.29 is 24.1 Å². The van der Waals surface area contributed by atoms with Crippen LogP contribution in [0, 0.1) is 0 Å². The normalized spacial score (nSPS) is 10.2. The molecule has 1 aromatic carbocycles. The Bertz CT molecular complexity index is 733. The highest BCUT2D eigenvalue weighted by Gasteiger charge is 2.17. The zero-order valence-corrected chi connectivity index (χ0v) is 14.5.